The molecule has 3 aromatic rings. The molecule has 144 valence electrons. The fraction of sp³-hybridized carbons (Fsp3) is 0.304. The van der Waals surface area contributed by atoms with E-state index in [0.29, 0.717) is 13.1 Å². The van der Waals surface area contributed by atoms with E-state index in [0.717, 1.165) is 51.5 Å². The van der Waals surface area contributed by atoms with E-state index in [-0.39, 0.29) is 5.91 Å². The summed E-state index contributed by atoms with van der Waals surface area (Å²) in [6.07, 6.45) is 0. The topological polar surface area (TPSA) is 36.4 Å². The van der Waals surface area contributed by atoms with Crippen LogP contribution in [0.2, 0.25) is 5.02 Å². The van der Waals surface area contributed by atoms with Crippen LogP contribution in [0.5, 0.6) is 0 Å². The fourth-order valence-corrected chi connectivity index (χ4v) is 4.06. The number of carbonyl (C=O) groups is 1. The summed E-state index contributed by atoms with van der Waals surface area (Å²) < 4.78 is 0. The first-order chi connectivity index (χ1) is 13.4. The molecule has 0 unspecified atom stereocenters. The normalized spacial score (nSPS) is 14.6. The predicted molar refractivity (Wildman–Crippen MR) is 116 cm³/mol. The molecule has 1 aliphatic rings. The van der Waals surface area contributed by atoms with Crippen LogP contribution in [0.4, 0.5) is 5.69 Å². The molecule has 28 heavy (non-hydrogen) atoms. The molecule has 4 nitrogen and oxygen atoms in total. The van der Waals surface area contributed by atoms with Gasteiger partial charge >= 0.3 is 0 Å². The van der Waals surface area contributed by atoms with Crippen molar-refractivity contribution in [1.82, 2.24) is 9.88 Å². The minimum absolute atomic E-state index is 0.0866. The second-order valence-corrected chi connectivity index (χ2v) is 7.98. The molecule has 2 aromatic carbocycles. The van der Waals surface area contributed by atoms with Crippen molar-refractivity contribution in [2.45, 2.75) is 20.8 Å². The SMILES string of the molecule is Cc1ccc2nc(C)cc(C(=O)N3CCN(c4cc(Cl)ccc4C)CC3)c2c1. The number of pyridine rings is 1. The Morgan fingerprint density at radius 2 is 1.71 bits per heavy atom. The summed E-state index contributed by atoms with van der Waals surface area (Å²) in [4.78, 5) is 22.1. The summed E-state index contributed by atoms with van der Waals surface area (Å²) >= 11 is 6.18. The van der Waals surface area contributed by atoms with Crippen molar-refractivity contribution in [2.24, 2.45) is 0 Å². The van der Waals surface area contributed by atoms with Gasteiger partial charge in [-0.1, -0.05) is 29.3 Å². The lowest BCUT2D eigenvalue weighted by atomic mass is 10.0. The van der Waals surface area contributed by atoms with Crippen LogP contribution in [0, 0.1) is 20.8 Å². The summed E-state index contributed by atoms with van der Waals surface area (Å²) in [5.74, 6) is 0.0866. The lowest BCUT2D eigenvalue weighted by Crippen LogP contribution is -2.49. The van der Waals surface area contributed by atoms with E-state index in [1.54, 1.807) is 0 Å². The number of benzene rings is 2. The number of rotatable bonds is 2. The molecule has 0 spiro atoms. The highest BCUT2D eigenvalue weighted by Gasteiger charge is 2.24. The van der Waals surface area contributed by atoms with E-state index in [1.165, 1.54) is 5.56 Å². The van der Waals surface area contributed by atoms with Gasteiger partial charge in [0.15, 0.2) is 0 Å². The highest BCUT2D eigenvalue weighted by Crippen LogP contribution is 2.26. The Bertz CT molecular complexity index is 1060. The molecule has 0 bridgehead atoms. The van der Waals surface area contributed by atoms with Gasteiger partial charge in [0.2, 0.25) is 0 Å². The number of fused-ring (bicyclic) bond motifs is 1. The maximum Gasteiger partial charge on any atom is 0.254 e. The zero-order valence-electron chi connectivity index (χ0n) is 16.5. The number of hydrogen-bond donors (Lipinski definition) is 0. The average molecular weight is 394 g/mol. The average Bonchev–Trinajstić information content (AvgIpc) is 2.69. The molecular formula is C23H24ClN3O. The second kappa shape index (κ2) is 7.44. The highest BCUT2D eigenvalue weighted by atomic mass is 35.5. The summed E-state index contributed by atoms with van der Waals surface area (Å²) in [5.41, 5.74) is 5.98. The molecule has 0 saturated carbocycles. The molecule has 0 N–H and O–H groups in total. The largest absolute Gasteiger partial charge is 0.368 e. The first kappa shape index (κ1) is 18.8. The maximum atomic E-state index is 13.3. The van der Waals surface area contributed by atoms with Crippen LogP contribution in [0.1, 0.15) is 27.2 Å². The zero-order valence-corrected chi connectivity index (χ0v) is 17.3. The van der Waals surface area contributed by atoms with Crippen molar-refractivity contribution >= 4 is 34.1 Å². The Morgan fingerprint density at radius 3 is 2.46 bits per heavy atom. The second-order valence-electron chi connectivity index (χ2n) is 7.54. The fourth-order valence-electron chi connectivity index (χ4n) is 3.89. The minimum Gasteiger partial charge on any atom is -0.368 e. The van der Waals surface area contributed by atoms with Gasteiger partial charge in [0.05, 0.1) is 11.1 Å². The number of hydrogen-bond acceptors (Lipinski definition) is 3. The van der Waals surface area contributed by atoms with E-state index < -0.39 is 0 Å². The Morgan fingerprint density at radius 1 is 0.964 bits per heavy atom. The zero-order chi connectivity index (χ0) is 19.8. The quantitative estimate of drug-likeness (QED) is 0.628. The molecule has 0 aliphatic carbocycles. The Balaban J connectivity index is 1.57. The number of aromatic nitrogens is 1. The lowest BCUT2D eigenvalue weighted by Gasteiger charge is -2.37. The van der Waals surface area contributed by atoms with Crippen molar-refractivity contribution in [3.8, 4) is 0 Å². The lowest BCUT2D eigenvalue weighted by molar-refractivity contribution is 0.0748. The maximum absolute atomic E-state index is 13.3. The molecule has 1 aromatic heterocycles. The van der Waals surface area contributed by atoms with E-state index in [2.05, 4.69) is 22.9 Å². The standard InChI is InChI=1S/C23H24ClN3O/c1-15-4-7-21-19(12-15)20(13-17(3)25-21)23(28)27-10-8-26(9-11-27)22-14-18(24)6-5-16(22)2/h4-7,12-14H,8-11H2,1-3H3. The molecule has 0 atom stereocenters. The van der Waals surface area contributed by atoms with E-state index in [4.69, 9.17) is 11.6 Å². The van der Waals surface area contributed by atoms with Crippen LogP contribution in [0.15, 0.2) is 42.5 Å². The van der Waals surface area contributed by atoms with Crippen molar-refractivity contribution in [2.75, 3.05) is 31.1 Å². The van der Waals surface area contributed by atoms with Gasteiger partial charge in [-0.3, -0.25) is 9.78 Å². The molecule has 1 aliphatic heterocycles. The number of halogens is 1. The number of nitrogens with zero attached hydrogens (tertiary/aromatic N) is 3. The van der Waals surface area contributed by atoms with Crippen molar-refractivity contribution in [1.29, 1.82) is 0 Å². The smallest absolute Gasteiger partial charge is 0.254 e. The predicted octanol–water partition coefficient (Wildman–Crippen LogP) is 4.78. The van der Waals surface area contributed by atoms with Crippen LogP contribution >= 0.6 is 11.6 Å². The van der Waals surface area contributed by atoms with Gasteiger partial charge < -0.3 is 9.80 Å². The molecular weight excluding hydrogens is 370 g/mol. The number of aryl methyl sites for hydroxylation is 3. The molecule has 1 amide bonds. The van der Waals surface area contributed by atoms with Crippen molar-refractivity contribution in [3.05, 3.63) is 69.9 Å². The first-order valence-corrected chi connectivity index (χ1v) is 9.98. The molecule has 1 saturated heterocycles. The number of piperazine rings is 1. The molecule has 2 heterocycles. The Kier molecular flexibility index (Phi) is 4.98. The van der Waals surface area contributed by atoms with Gasteiger partial charge in [-0.05, 0) is 56.7 Å². The van der Waals surface area contributed by atoms with E-state index in [1.807, 2.05) is 55.1 Å². The molecule has 5 heteroatoms. The number of amides is 1. The van der Waals surface area contributed by atoms with Crippen molar-refractivity contribution in [3.63, 3.8) is 0 Å². The van der Waals surface area contributed by atoms with Crippen LogP contribution in [-0.4, -0.2) is 42.0 Å². The van der Waals surface area contributed by atoms with Crippen LogP contribution in [0.3, 0.4) is 0 Å². The highest BCUT2D eigenvalue weighted by molar-refractivity contribution is 6.30. The Labute approximate surface area is 170 Å². The minimum atomic E-state index is 0.0866. The number of carbonyl (C=O) groups excluding carboxylic acids is 1. The van der Waals surface area contributed by atoms with Crippen molar-refractivity contribution < 1.29 is 4.79 Å². The molecule has 0 radical (unpaired) electrons. The molecule has 1 fully saturated rings. The van der Waals surface area contributed by atoms with Crippen LogP contribution in [-0.2, 0) is 0 Å². The third kappa shape index (κ3) is 3.57. The van der Waals surface area contributed by atoms with E-state index in [9.17, 15) is 4.79 Å². The van der Waals surface area contributed by atoms with Gasteiger partial charge in [-0.15, -0.1) is 0 Å². The van der Waals surface area contributed by atoms with Gasteiger partial charge in [0.25, 0.3) is 5.91 Å². The summed E-state index contributed by atoms with van der Waals surface area (Å²) in [7, 11) is 0. The van der Waals surface area contributed by atoms with Gasteiger partial charge in [0, 0.05) is 48.0 Å². The Hall–Kier alpha value is -2.59. The number of anilines is 1. The summed E-state index contributed by atoms with van der Waals surface area (Å²) in [5, 5.41) is 1.68. The summed E-state index contributed by atoms with van der Waals surface area (Å²) in [6.45, 7) is 9.06. The third-order valence-electron chi connectivity index (χ3n) is 5.40. The van der Waals surface area contributed by atoms with Gasteiger partial charge in [-0.2, -0.15) is 0 Å². The van der Waals surface area contributed by atoms with Gasteiger partial charge in [0.1, 0.15) is 0 Å². The first-order valence-electron chi connectivity index (χ1n) is 9.61. The van der Waals surface area contributed by atoms with Crippen LogP contribution in [0.25, 0.3) is 10.9 Å². The summed E-state index contributed by atoms with van der Waals surface area (Å²) in [6, 6.07) is 14.0. The third-order valence-corrected chi connectivity index (χ3v) is 5.64. The van der Waals surface area contributed by atoms with E-state index >= 15 is 0 Å². The van der Waals surface area contributed by atoms with Gasteiger partial charge in [-0.25, -0.2) is 0 Å². The molecule has 4 rings (SSSR count). The monoisotopic (exact) mass is 393 g/mol. The van der Waals surface area contributed by atoms with Crippen LogP contribution < -0.4 is 4.90 Å².